The maximum absolute atomic E-state index is 9.21. The van der Waals surface area contributed by atoms with E-state index in [1.54, 1.807) is 0 Å². The van der Waals surface area contributed by atoms with Crippen molar-refractivity contribution < 1.29 is 9.84 Å². The van der Waals surface area contributed by atoms with Gasteiger partial charge in [-0.1, -0.05) is 30.3 Å². The minimum absolute atomic E-state index is 0.0330. The summed E-state index contributed by atoms with van der Waals surface area (Å²) < 4.78 is 5.13. The van der Waals surface area contributed by atoms with Crippen LogP contribution in [0.15, 0.2) is 30.3 Å². The van der Waals surface area contributed by atoms with Gasteiger partial charge in [0.1, 0.15) is 0 Å². The molecule has 1 aromatic carbocycles. The summed E-state index contributed by atoms with van der Waals surface area (Å²) in [7, 11) is 0. The van der Waals surface area contributed by atoms with E-state index in [0.717, 1.165) is 13.1 Å². The zero-order chi connectivity index (χ0) is 10.6. The van der Waals surface area contributed by atoms with Crippen molar-refractivity contribution in [1.29, 1.82) is 0 Å². The Morgan fingerprint density at radius 1 is 1.27 bits per heavy atom. The van der Waals surface area contributed by atoms with E-state index < -0.39 is 0 Å². The summed E-state index contributed by atoms with van der Waals surface area (Å²) in [4.78, 5) is 0. The zero-order valence-corrected chi connectivity index (χ0v) is 8.78. The van der Waals surface area contributed by atoms with Gasteiger partial charge in [-0.3, -0.25) is 0 Å². The van der Waals surface area contributed by atoms with Gasteiger partial charge in [0.15, 0.2) is 0 Å². The van der Waals surface area contributed by atoms with Crippen molar-refractivity contribution in [3.8, 4) is 0 Å². The van der Waals surface area contributed by atoms with Crippen molar-refractivity contribution in [2.24, 2.45) is 5.41 Å². The largest absolute Gasteiger partial charge is 0.396 e. The van der Waals surface area contributed by atoms with E-state index in [2.05, 4.69) is 17.4 Å². The molecule has 0 amide bonds. The second-order valence-corrected chi connectivity index (χ2v) is 4.24. The van der Waals surface area contributed by atoms with E-state index >= 15 is 0 Å². The van der Waals surface area contributed by atoms with E-state index in [1.165, 1.54) is 5.56 Å². The zero-order valence-electron chi connectivity index (χ0n) is 8.78. The molecule has 3 nitrogen and oxygen atoms in total. The molecule has 1 saturated heterocycles. The van der Waals surface area contributed by atoms with Crippen molar-refractivity contribution in [3.05, 3.63) is 35.9 Å². The van der Waals surface area contributed by atoms with Crippen LogP contribution < -0.4 is 5.32 Å². The molecule has 0 unspecified atom stereocenters. The highest BCUT2D eigenvalue weighted by atomic mass is 16.5. The number of aliphatic hydroxyl groups is 1. The van der Waals surface area contributed by atoms with Crippen LogP contribution in [0.5, 0.6) is 0 Å². The molecule has 1 fully saturated rings. The fraction of sp³-hybridized carbons (Fsp3) is 0.500. The van der Waals surface area contributed by atoms with Crippen LogP contribution in [0.1, 0.15) is 5.56 Å². The van der Waals surface area contributed by atoms with Crippen LogP contribution in [0.3, 0.4) is 0 Å². The topological polar surface area (TPSA) is 41.5 Å². The van der Waals surface area contributed by atoms with Crippen molar-refractivity contribution in [3.63, 3.8) is 0 Å². The van der Waals surface area contributed by atoms with Gasteiger partial charge in [0.25, 0.3) is 0 Å². The van der Waals surface area contributed by atoms with E-state index in [1.807, 2.05) is 18.2 Å². The van der Waals surface area contributed by atoms with E-state index in [0.29, 0.717) is 13.2 Å². The Labute approximate surface area is 90.1 Å². The Balaban J connectivity index is 1.75. The highest BCUT2D eigenvalue weighted by Crippen LogP contribution is 2.25. The summed E-state index contributed by atoms with van der Waals surface area (Å²) in [6, 6.07) is 10.3. The summed E-state index contributed by atoms with van der Waals surface area (Å²) in [5, 5.41) is 12.6. The van der Waals surface area contributed by atoms with Crippen LogP contribution in [0, 0.1) is 5.41 Å². The average Bonchev–Trinajstić information content (AvgIpc) is 2.24. The van der Waals surface area contributed by atoms with E-state index in [9.17, 15) is 5.11 Å². The Bertz CT molecular complexity index is 290. The Morgan fingerprint density at radius 2 is 2.00 bits per heavy atom. The number of rotatable bonds is 5. The number of aliphatic hydroxyl groups excluding tert-OH is 1. The molecule has 1 aromatic rings. The van der Waals surface area contributed by atoms with Gasteiger partial charge < -0.3 is 15.2 Å². The van der Waals surface area contributed by atoms with Gasteiger partial charge in [-0.2, -0.15) is 0 Å². The Kier molecular flexibility index (Phi) is 3.36. The molecule has 82 valence electrons. The molecule has 0 bridgehead atoms. The van der Waals surface area contributed by atoms with Crippen LogP contribution in [-0.2, 0) is 11.3 Å². The SMILES string of the molecule is OCC1(CNCc2ccccc2)COC1. The fourth-order valence-corrected chi connectivity index (χ4v) is 1.71. The summed E-state index contributed by atoms with van der Waals surface area (Å²) in [5.74, 6) is 0. The lowest BCUT2D eigenvalue weighted by Gasteiger charge is -2.40. The van der Waals surface area contributed by atoms with Gasteiger partial charge in [-0.15, -0.1) is 0 Å². The molecule has 0 aromatic heterocycles. The van der Waals surface area contributed by atoms with E-state index in [-0.39, 0.29) is 12.0 Å². The molecule has 3 heteroatoms. The van der Waals surface area contributed by atoms with Crippen molar-refractivity contribution in [2.45, 2.75) is 6.54 Å². The monoisotopic (exact) mass is 207 g/mol. The third kappa shape index (κ3) is 2.56. The van der Waals surface area contributed by atoms with Gasteiger partial charge >= 0.3 is 0 Å². The molecule has 2 rings (SSSR count). The molecule has 1 heterocycles. The lowest BCUT2D eigenvalue weighted by atomic mass is 9.87. The molecule has 0 saturated carbocycles. The molecular formula is C12H17NO2. The second-order valence-electron chi connectivity index (χ2n) is 4.24. The first-order chi connectivity index (χ1) is 7.35. The van der Waals surface area contributed by atoms with Gasteiger partial charge in [0.2, 0.25) is 0 Å². The number of hydrogen-bond acceptors (Lipinski definition) is 3. The summed E-state index contributed by atoms with van der Waals surface area (Å²) in [6.07, 6.45) is 0. The third-order valence-electron chi connectivity index (χ3n) is 2.82. The summed E-state index contributed by atoms with van der Waals surface area (Å²) >= 11 is 0. The first kappa shape index (κ1) is 10.6. The maximum atomic E-state index is 9.21. The second kappa shape index (κ2) is 4.75. The highest BCUT2D eigenvalue weighted by molar-refractivity contribution is 5.14. The summed E-state index contributed by atoms with van der Waals surface area (Å²) in [5.41, 5.74) is 1.24. The Morgan fingerprint density at radius 3 is 2.53 bits per heavy atom. The predicted molar refractivity (Wildman–Crippen MR) is 58.5 cm³/mol. The predicted octanol–water partition coefficient (Wildman–Crippen LogP) is 0.785. The standard InChI is InChI=1S/C12H17NO2/c14-8-12(9-15-10-12)7-13-6-11-4-2-1-3-5-11/h1-5,13-14H,6-10H2. The van der Waals surface area contributed by atoms with Crippen LogP contribution in [0.2, 0.25) is 0 Å². The molecule has 1 aliphatic rings. The summed E-state index contributed by atoms with van der Waals surface area (Å²) in [6.45, 7) is 3.21. The van der Waals surface area contributed by atoms with Crippen LogP contribution in [-0.4, -0.2) is 31.5 Å². The van der Waals surface area contributed by atoms with Crippen molar-refractivity contribution in [2.75, 3.05) is 26.4 Å². The fourth-order valence-electron chi connectivity index (χ4n) is 1.71. The molecule has 2 N–H and O–H groups in total. The van der Waals surface area contributed by atoms with E-state index in [4.69, 9.17) is 4.74 Å². The molecule has 15 heavy (non-hydrogen) atoms. The molecule has 0 radical (unpaired) electrons. The smallest absolute Gasteiger partial charge is 0.0579 e. The maximum Gasteiger partial charge on any atom is 0.0579 e. The van der Waals surface area contributed by atoms with Gasteiger partial charge in [0.05, 0.1) is 25.2 Å². The number of nitrogens with one attached hydrogen (secondary N) is 1. The van der Waals surface area contributed by atoms with Crippen molar-refractivity contribution >= 4 is 0 Å². The lowest BCUT2D eigenvalue weighted by molar-refractivity contribution is -0.134. The highest BCUT2D eigenvalue weighted by Gasteiger charge is 2.37. The molecule has 1 aliphatic heterocycles. The van der Waals surface area contributed by atoms with Gasteiger partial charge in [-0.25, -0.2) is 0 Å². The Hall–Kier alpha value is -0.900. The molecule has 0 atom stereocenters. The quantitative estimate of drug-likeness (QED) is 0.750. The first-order valence-electron chi connectivity index (χ1n) is 5.28. The average molecular weight is 207 g/mol. The van der Waals surface area contributed by atoms with Crippen LogP contribution >= 0.6 is 0 Å². The normalized spacial score (nSPS) is 18.5. The third-order valence-corrected chi connectivity index (χ3v) is 2.82. The molecule has 0 aliphatic carbocycles. The van der Waals surface area contributed by atoms with Gasteiger partial charge in [-0.05, 0) is 5.56 Å². The molecule has 0 spiro atoms. The number of ether oxygens (including phenoxy) is 1. The number of hydrogen-bond donors (Lipinski definition) is 2. The molecular weight excluding hydrogens is 190 g/mol. The number of benzene rings is 1. The van der Waals surface area contributed by atoms with Gasteiger partial charge in [0, 0.05) is 13.1 Å². The minimum Gasteiger partial charge on any atom is -0.396 e. The van der Waals surface area contributed by atoms with Crippen LogP contribution in [0.25, 0.3) is 0 Å². The van der Waals surface area contributed by atoms with Crippen molar-refractivity contribution in [1.82, 2.24) is 5.32 Å². The first-order valence-corrected chi connectivity index (χ1v) is 5.28. The minimum atomic E-state index is -0.0330. The lowest BCUT2D eigenvalue weighted by Crippen LogP contribution is -2.52. The van der Waals surface area contributed by atoms with Crippen LogP contribution in [0.4, 0.5) is 0 Å².